The van der Waals surface area contributed by atoms with Crippen LogP contribution < -0.4 is 11.1 Å². The van der Waals surface area contributed by atoms with Gasteiger partial charge in [-0.2, -0.15) is 0 Å². The molecule has 0 aromatic heterocycles. The van der Waals surface area contributed by atoms with Gasteiger partial charge >= 0.3 is 5.97 Å². The quantitative estimate of drug-likeness (QED) is 0.591. The fraction of sp³-hybridized carbons (Fsp3) is 0.682. The van der Waals surface area contributed by atoms with Crippen molar-refractivity contribution in [2.45, 2.75) is 76.9 Å². The molecular weight excluding hydrogens is 324 g/mol. The van der Waals surface area contributed by atoms with Crippen molar-refractivity contribution < 1.29 is 9.53 Å². The maximum atomic E-state index is 12.3. The van der Waals surface area contributed by atoms with Gasteiger partial charge in [0.2, 0.25) is 0 Å². The lowest BCUT2D eigenvalue weighted by Gasteiger charge is -2.55. The summed E-state index contributed by atoms with van der Waals surface area (Å²) in [5, 5.41) is 3.82. The first-order chi connectivity index (χ1) is 12.2. The van der Waals surface area contributed by atoms with Crippen LogP contribution in [0.5, 0.6) is 0 Å². The zero-order valence-electron chi connectivity index (χ0n) is 16.3. The molecule has 3 N–H and O–H groups in total. The summed E-state index contributed by atoms with van der Waals surface area (Å²) in [7, 11) is 0. The Morgan fingerprint density at radius 3 is 2.73 bits per heavy atom. The minimum absolute atomic E-state index is 0.200. The van der Waals surface area contributed by atoms with E-state index in [9.17, 15) is 4.79 Å². The summed E-state index contributed by atoms with van der Waals surface area (Å²) < 4.78 is 5.45. The molecule has 3 aliphatic carbocycles. The van der Waals surface area contributed by atoms with Crippen molar-refractivity contribution >= 4 is 17.3 Å². The third kappa shape index (κ3) is 3.43. The monoisotopic (exact) mass is 356 g/mol. The van der Waals surface area contributed by atoms with E-state index in [1.165, 1.54) is 44.9 Å². The Kier molecular flexibility index (Phi) is 4.20. The average molecular weight is 357 g/mol. The molecule has 0 aliphatic heterocycles. The van der Waals surface area contributed by atoms with Gasteiger partial charge in [0.1, 0.15) is 5.60 Å². The van der Waals surface area contributed by atoms with E-state index in [-0.39, 0.29) is 11.5 Å². The first-order valence-electron chi connectivity index (χ1n) is 10.1. The SMILES string of the molecule is CC(C)(C)OC(=O)c1ccc(NC23CCC4CCC(CC4C2)C3)c(N)c1. The van der Waals surface area contributed by atoms with E-state index in [4.69, 9.17) is 10.5 Å². The largest absolute Gasteiger partial charge is 0.456 e. The number of carbonyl (C=O) groups excluding carboxylic acids is 1. The predicted molar refractivity (Wildman–Crippen MR) is 105 cm³/mol. The van der Waals surface area contributed by atoms with Gasteiger partial charge in [-0.05, 0) is 95.2 Å². The Hall–Kier alpha value is -1.71. The van der Waals surface area contributed by atoms with E-state index in [2.05, 4.69) is 5.32 Å². The Bertz CT molecular complexity index is 705. The van der Waals surface area contributed by atoms with Crippen molar-refractivity contribution in [3.05, 3.63) is 23.8 Å². The Morgan fingerprint density at radius 1 is 1.19 bits per heavy atom. The van der Waals surface area contributed by atoms with Crippen LogP contribution in [0.2, 0.25) is 0 Å². The highest BCUT2D eigenvalue weighted by Gasteiger charge is 2.49. The van der Waals surface area contributed by atoms with Crippen molar-refractivity contribution in [2.75, 3.05) is 11.1 Å². The first-order valence-corrected chi connectivity index (χ1v) is 10.1. The molecule has 1 aromatic rings. The Morgan fingerprint density at radius 2 is 2.00 bits per heavy atom. The van der Waals surface area contributed by atoms with Gasteiger partial charge < -0.3 is 15.8 Å². The first kappa shape index (κ1) is 17.7. The van der Waals surface area contributed by atoms with E-state index in [1.54, 1.807) is 6.07 Å². The summed E-state index contributed by atoms with van der Waals surface area (Å²) in [4.78, 5) is 12.3. The van der Waals surface area contributed by atoms with Gasteiger partial charge in [0.25, 0.3) is 0 Å². The highest BCUT2D eigenvalue weighted by molar-refractivity contribution is 5.92. The smallest absolute Gasteiger partial charge is 0.338 e. The molecule has 4 nitrogen and oxygen atoms in total. The van der Waals surface area contributed by atoms with Crippen LogP contribution in [-0.4, -0.2) is 17.1 Å². The number of nitrogens with two attached hydrogens (primary N) is 1. The molecule has 0 radical (unpaired) electrons. The van der Waals surface area contributed by atoms with Gasteiger partial charge in [-0.25, -0.2) is 4.79 Å². The fourth-order valence-electron chi connectivity index (χ4n) is 5.63. The lowest BCUT2D eigenvalue weighted by atomic mass is 9.54. The predicted octanol–water partition coefficient (Wildman–Crippen LogP) is 4.99. The summed E-state index contributed by atoms with van der Waals surface area (Å²) in [5.74, 6) is 2.40. The highest BCUT2D eigenvalue weighted by Crippen LogP contribution is 2.55. The number of anilines is 2. The maximum absolute atomic E-state index is 12.3. The number of ether oxygens (including phenoxy) is 1. The van der Waals surface area contributed by atoms with Crippen LogP contribution in [0.1, 0.15) is 76.1 Å². The molecule has 4 unspecified atom stereocenters. The molecule has 3 fully saturated rings. The number of esters is 1. The molecule has 0 spiro atoms. The van der Waals surface area contributed by atoms with Gasteiger partial charge in [-0.1, -0.05) is 6.42 Å². The van der Waals surface area contributed by atoms with E-state index < -0.39 is 5.60 Å². The number of hydrogen-bond donors (Lipinski definition) is 2. The summed E-state index contributed by atoms with van der Waals surface area (Å²) in [6.07, 6.45) is 9.42. The summed E-state index contributed by atoms with van der Waals surface area (Å²) in [6, 6.07) is 5.54. The molecule has 26 heavy (non-hydrogen) atoms. The van der Waals surface area contributed by atoms with Crippen molar-refractivity contribution in [1.82, 2.24) is 0 Å². The molecule has 3 aliphatic rings. The van der Waals surface area contributed by atoms with Crippen molar-refractivity contribution in [2.24, 2.45) is 17.8 Å². The Balaban J connectivity index is 1.51. The molecule has 4 rings (SSSR count). The third-order valence-corrected chi connectivity index (χ3v) is 6.66. The van der Waals surface area contributed by atoms with E-state index in [0.29, 0.717) is 11.3 Å². The summed E-state index contributed by atoms with van der Waals surface area (Å²) in [6.45, 7) is 5.62. The minimum atomic E-state index is -0.500. The zero-order valence-corrected chi connectivity index (χ0v) is 16.3. The third-order valence-electron chi connectivity index (χ3n) is 6.66. The normalized spacial score (nSPS) is 33.0. The number of hydrogen-bond acceptors (Lipinski definition) is 4. The van der Waals surface area contributed by atoms with E-state index in [0.717, 1.165) is 23.4 Å². The molecule has 4 atom stereocenters. The van der Waals surface area contributed by atoms with Crippen LogP contribution in [0, 0.1) is 17.8 Å². The van der Waals surface area contributed by atoms with Crippen LogP contribution in [0.25, 0.3) is 0 Å². The standard InChI is InChI=1S/C22H32N2O2/c1-21(2,3)26-20(25)16-6-7-19(18(23)11-16)24-22-9-8-15-5-4-14(12-22)10-17(15)13-22/h6-7,11,14-15,17,24H,4-5,8-10,12-13,23H2,1-3H3. The fourth-order valence-corrected chi connectivity index (χ4v) is 5.63. The number of nitrogen functional groups attached to an aromatic ring is 1. The number of benzene rings is 1. The van der Waals surface area contributed by atoms with Crippen molar-refractivity contribution in [3.63, 3.8) is 0 Å². The van der Waals surface area contributed by atoms with Gasteiger partial charge in [-0.3, -0.25) is 0 Å². The number of nitrogens with one attached hydrogen (secondary N) is 1. The van der Waals surface area contributed by atoms with Crippen LogP contribution >= 0.6 is 0 Å². The van der Waals surface area contributed by atoms with Crippen LogP contribution in [0.15, 0.2) is 18.2 Å². The van der Waals surface area contributed by atoms with Gasteiger partial charge in [0.15, 0.2) is 0 Å². The maximum Gasteiger partial charge on any atom is 0.338 e. The van der Waals surface area contributed by atoms with Crippen molar-refractivity contribution in [3.8, 4) is 0 Å². The molecule has 0 heterocycles. The molecule has 1 aromatic carbocycles. The number of rotatable bonds is 3. The second-order valence-electron chi connectivity index (χ2n) is 9.86. The molecule has 0 amide bonds. The minimum Gasteiger partial charge on any atom is -0.456 e. The van der Waals surface area contributed by atoms with Gasteiger partial charge in [0, 0.05) is 5.54 Å². The average Bonchev–Trinajstić information content (AvgIpc) is 2.53. The Labute approximate surface area is 156 Å². The van der Waals surface area contributed by atoms with Crippen LogP contribution in [0.4, 0.5) is 11.4 Å². The van der Waals surface area contributed by atoms with Crippen molar-refractivity contribution in [1.29, 1.82) is 0 Å². The zero-order chi connectivity index (χ0) is 18.5. The molecule has 3 bridgehead atoms. The molecular formula is C22H32N2O2. The number of carbonyl (C=O) groups is 1. The lowest BCUT2D eigenvalue weighted by molar-refractivity contribution is 0.00696. The van der Waals surface area contributed by atoms with Crippen LogP contribution in [0.3, 0.4) is 0 Å². The van der Waals surface area contributed by atoms with Gasteiger partial charge in [0.05, 0.1) is 16.9 Å². The topological polar surface area (TPSA) is 64.3 Å². The second-order valence-corrected chi connectivity index (χ2v) is 9.86. The summed E-state index contributed by atoms with van der Waals surface area (Å²) >= 11 is 0. The second kappa shape index (κ2) is 6.17. The number of fused-ring (bicyclic) bond motifs is 2. The van der Waals surface area contributed by atoms with E-state index in [1.807, 2.05) is 32.9 Å². The molecule has 142 valence electrons. The molecule has 4 heteroatoms. The molecule has 3 saturated carbocycles. The highest BCUT2D eigenvalue weighted by atomic mass is 16.6. The summed E-state index contributed by atoms with van der Waals surface area (Å²) in [5.41, 5.74) is 8.14. The lowest BCUT2D eigenvalue weighted by Crippen LogP contribution is -2.52. The molecule has 0 saturated heterocycles. The van der Waals surface area contributed by atoms with E-state index >= 15 is 0 Å². The van der Waals surface area contributed by atoms with Crippen LogP contribution in [-0.2, 0) is 4.74 Å². The van der Waals surface area contributed by atoms with Gasteiger partial charge in [-0.15, -0.1) is 0 Å².